The lowest BCUT2D eigenvalue weighted by Crippen LogP contribution is -2.31. The number of rotatable bonds is 6. The first-order valence-corrected chi connectivity index (χ1v) is 9.51. The lowest BCUT2D eigenvalue weighted by Gasteiger charge is -2.10. The van der Waals surface area contributed by atoms with E-state index in [-0.39, 0.29) is 11.3 Å². The molecule has 0 radical (unpaired) electrons. The Bertz CT molecular complexity index is 830. The molecule has 1 amide bonds. The van der Waals surface area contributed by atoms with E-state index in [1.54, 1.807) is 31.2 Å². The van der Waals surface area contributed by atoms with Crippen molar-refractivity contribution in [2.24, 2.45) is 0 Å². The third kappa shape index (κ3) is 5.08. The largest absolute Gasteiger partial charge is 0.274 e. The molecule has 24 heavy (non-hydrogen) atoms. The zero-order chi connectivity index (χ0) is 17.7. The van der Waals surface area contributed by atoms with Gasteiger partial charge in [0, 0.05) is 11.4 Å². The molecule has 0 heterocycles. The first kappa shape index (κ1) is 18.5. The minimum absolute atomic E-state index is 0.146. The molecule has 0 atom stereocenters. The fraction of sp³-hybridized carbons (Fsp3) is 0.278. The highest BCUT2D eigenvalue weighted by Gasteiger charge is 2.19. The van der Waals surface area contributed by atoms with Crippen molar-refractivity contribution in [2.75, 3.05) is 0 Å². The topological polar surface area (TPSA) is 63.2 Å². The second-order valence-electron chi connectivity index (χ2n) is 5.78. The molecule has 0 spiro atoms. The summed E-state index contributed by atoms with van der Waals surface area (Å²) in [6, 6.07) is 12.5. The number of hydrogen-bond donors (Lipinski definition) is 1. The monoisotopic (exact) mass is 365 g/mol. The van der Waals surface area contributed by atoms with Gasteiger partial charge in [-0.25, -0.2) is 13.1 Å². The quantitative estimate of drug-likeness (QED) is 0.847. The van der Waals surface area contributed by atoms with Gasteiger partial charge in [-0.05, 0) is 61.6 Å². The van der Waals surface area contributed by atoms with Gasteiger partial charge in [0.25, 0.3) is 10.0 Å². The zero-order valence-corrected chi connectivity index (χ0v) is 15.2. The molecule has 0 saturated carbocycles. The summed E-state index contributed by atoms with van der Waals surface area (Å²) in [5, 5.41) is 0.663. The van der Waals surface area contributed by atoms with Crippen LogP contribution in [0.3, 0.4) is 0 Å². The van der Waals surface area contributed by atoms with Crippen molar-refractivity contribution in [3.8, 4) is 0 Å². The molecule has 0 bridgehead atoms. The normalized spacial score (nSPS) is 11.3. The Morgan fingerprint density at radius 3 is 2.42 bits per heavy atom. The molecule has 1 N–H and O–H groups in total. The van der Waals surface area contributed by atoms with Gasteiger partial charge in [0.05, 0.1) is 4.90 Å². The molecular weight excluding hydrogens is 346 g/mol. The fourth-order valence-electron chi connectivity index (χ4n) is 2.36. The van der Waals surface area contributed by atoms with Gasteiger partial charge in [0.1, 0.15) is 0 Å². The van der Waals surface area contributed by atoms with Gasteiger partial charge in [-0.3, -0.25) is 4.79 Å². The summed E-state index contributed by atoms with van der Waals surface area (Å²) >= 11 is 5.82. The average molecular weight is 366 g/mol. The Morgan fingerprint density at radius 1 is 1.08 bits per heavy atom. The molecule has 2 aromatic rings. The van der Waals surface area contributed by atoms with Crippen LogP contribution in [-0.2, 0) is 21.2 Å². The second kappa shape index (κ2) is 7.81. The number of sulfonamides is 1. The van der Waals surface area contributed by atoms with Crippen molar-refractivity contribution < 1.29 is 13.2 Å². The van der Waals surface area contributed by atoms with Crippen molar-refractivity contribution in [2.45, 2.75) is 38.0 Å². The molecular formula is C18H20ClNO3S. The smallest absolute Gasteiger partial charge is 0.264 e. The van der Waals surface area contributed by atoms with E-state index in [0.717, 1.165) is 11.1 Å². The van der Waals surface area contributed by atoms with E-state index >= 15 is 0 Å². The summed E-state index contributed by atoms with van der Waals surface area (Å²) in [5.74, 6) is -0.495. The Hall–Kier alpha value is -1.85. The molecule has 0 aromatic heterocycles. The number of halogens is 1. The molecule has 2 aromatic carbocycles. The Kier molecular flexibility index (Phi) is 6.02. The van der Waals surface area contributed by atoms with E-state index in [0.29, 0.717) is 23.4 Å². The van der Waals surface area contributed by atoms with Crippen molar-refractivity contribution in [3.05, 3.63) is 64.2 Å². The van der Waals surface area contributed by atoms with Crippen molar-refractivity contribution in [3.63, 3.8) is 0 Å². The van der Waals surface area contributed by atoms with Crippen LogP contribution in [0.15, 0.2) is 47.4 Å². The fourth-order valence-corrected chi connectivity index (χ4v) is 3.83. The standard InChI is InChI=1S/C18H20ClNO3S/c1-13-6-7-14(2)17(12-13)24(22,23)20-18(21)5-3-4-15-8-10-16(19)11-9-15/h6-12H,3-5H2,1-2H3,(H,20,21). The molecule has 128 valence electrons. The number of carbonyl (C=O) groups is 1. The van der Waals surface area contributed by atoms with Gasteiger partial charge >= 0.3 is 0 Å². The molecule has 0 unspecified atom stereocenters. The van der Waals surface area contributed by atoms with Crippen LogP contribution in [0, 0.1) is 13.8 Å². The third-order valence-corrected chi connectivity index (χ3v) is 5.43. The van der Waals surface area contributed by atoms with Gasteiger partial charge < -0.3 is 0 Å². The lowest BCUT2D eigenvalue weighted by molar-refractivity contribution is -0.119. The maximum absolute atomic E-state index is 12.3. The van der Waals surface area contributed by atoms with Crippen LogP contribution in [0.25, 0.3) is 0 Å². The molecule has 0 aliphatic rings. The highest BCUT2D eigenvalue weighted by atomic mass is 35.5. The minimum Gasteiger partial charge on any atom is -0.274 e. The summed E-state index contributed by atoms with van der Waals surface area (Å²) in [6.07, 6.45) is 1.40. The van der Waals surface area contributed by atoms with Crippen LogP contribution < -0.4 is 4.72 Å². The van der Waals surface area contributed by atoms with E-state index in [9.17, 15) is 13.2 Å². The molecule has 0 saturated heterocycles. The Labute approximate surface area is 147 Å². The maximum Gasteiger partial charge on any atom is 0.264 e. The number of hydrogen-bond acceptors (Lipinski definition) is 3. The second-order valence-corrected chi connectivity index (χ2v) is 7.86. The van der Waals surface area contributed by atoms with Gasteiger partial charge in [0.2, 0.25) is 5.91 Å². The third-order valence-electron chi connectivity index (χ3n) is 3.66. The summed E-state index contributed by atoms with van der Waals surface area (Å²) in [5.41, 5.74) is 2.50. The maximum atomic E-state index is 12.3. The molecule has 6 heteroatoms. The summed E-state index contributed by atoms with van der Waals surface area (Å²) < 4.78 is 26.8. The Balaban J connectivity index is 1.93. The first-order valence-electron chi connectivity index (χ1n) is 7.65. The van der Waals surface area contributed by atoms with Crippen LogP contribution in [-0.4, -0.2) is 14.3 Å². The lowest BCUT2D eigenvalue weighted by atomic mass is 10.1. The Morgan fingerprint density at radius 2 is 1.75 bits per heavy atom. The van der Waals surface area contributed by atoms with Crippen molar-refractivity contribution in [1.29, 1.82) is 0 Å². The predicted octanol–water partition coefficient (Wildman–Crippen LogP) is 3.78. The highest BCUT2D eigenvalue weighted by molar-refractivity contribution is 7.90. The number of benzene rings is 2. The van der Waals surface area contributed by atoms with Crippen molar-refractivity contribution >= 4 is 27.5 Å². The summed E-state index contributed by atoms with van der Waals surface area (Å²) in [7, 11) is -3.83. The number of amides is 1. The molecule has 4 nitrogen and oxygen atoms in total. The number of nitrogens with one attached hydrogen (secondary N) is 1. The van der Waals surface area contributed by atoms with E-state index in [4.69, 9.17) is 11.6 Å². The summed E-state index contributed by atoms with van der Waals surface area (Å²) in [4.78, 5) is 12.1. The van der Waals surface area contributed by atoms with Crippen LogP contribution in [0.4, 0.5) is 0 Å². The number of aryl methyl sites for hydroxylation is 3. The molecule has 0 fully saturated rings. The zero-order valence-electron chi connectivity index (χ0n) is 13.7. The van der Waals surface area contributed by atoms with E-state index in [1.807, 2.05) is 25.1 Å². The predicted molar refractivity (Wildman–Crippen MR) is 95.6 cm³/mol. The summed E-state index contributed by atoms with van der Waals surface area (Å²) in [6.45, 7) is 3.52. The van der Waals surface area contributed by atoms with Crippen molar-refractivity contribution in [1.82, 2.24) is 4.72 Å². The van der Waals surface area contributed by atoms with Crippen LogP contribution in [0.5, 0.6) is 0 Å². The molecule has 0 aliphatic carbocycles. The number of carbonyl (C=O) groups excluding carboxylic acids is 1. The minimum atomic E-state index is -3.83. The van der Waals surface area contributed by atoms with Crippen LogP contribution in [0.1, 0.15) is 29.5 Å². The van der Waals surface area contributed by atoms with Gasteiger partial charge in [-0.1, -0.05) is 35.9 Å². The molecule has 0 aliphatic heterocycles. The first-order chi connectivity index (χ1) is 11.3. The van der Waals surface area contributed by atoms with Gasteiger partial charge in [-0.15, -0.1) is 0 Å². The SMILES string of the molecule is Cc1ccc(C)c(S(=O)(=O)NC(=O)CCCc2ccc(Cl)cc2)c1. The highest BCUT2D eigenvalue weighted by Crippen LogP contribution is 2.17. The van der Waals surface area contributed by atoms with E-state index < -0.39 is 15.9 Å². The van der Waals surface area contributed by atoms with E-state index in [2.05, 4.69) is 4.72 Å². The van der Waals surface area contributed by atoms with Crippen LogP contribution in [0.2, 0.25) is 5.02 Å². The van der Waals surface area contributed by atoms with Crippen LogP contribution >= 0.6 is 11.6 Å². The van der Waals surface area contributed by atoms with Gasteiger partial charge in [0.15, 0.2) is 0 Å². The van der Waals surface area contributed by atoms with E-state index in [1.165, 1.54) is 0 Å². The van der Waals surface area contributed by atoms with Gasteiger partial charge in [-0.2, -0.15) is 0 Å². The molecule has 2 rings (SSSR count). The average Bonchev–Trinajstić information content (AvgIpc) is 2.51.